The van der Waals surface area contributed by atoms with E-state index in [-0.39, 0.29) is 24.0 Å². The molecule has 1 amide bonds. The standard InChI is InChI=1S/C25H28ClNO5S/c26-21-10-8-20(9-11-21)25(13-4-5-14-25)24(29)32-17-23(28)27(16-19-6-2-1-3-7-19)22-12-15-33(30,31)18-22/h1-3,6-11,22H,4-5,12-18H2/t22-/m0/s1. The van der Waals surface area contributed by atoms with E-state index in [0.717, 1.165) is 24.0 Å². The van der Waals surface area contributed by atoms with Crippen LogP contribution in [0.25, 0.3) is 0 Å². The maximum absolute atomic E-state index is 13.2. The van der Waals surface area contributed by atoms with Gasteiger partial charge in [-0.05, 0) is 42.5 Å². The zero-order valence-corrected chi connectivity index (χ0v) is 20.0. The number of benzene rings is 2. The molecule has 6 nitrogen and oxygen atoms in total. The van der Waals surface area contributed by atoms with Crippen LogP contribution in [0, 0.1) is 0 Å². The van der Waals surface area contributed by atoms with Gasteiger partial charge >= 0.3 is 5.97 Å². The molecule has 2 fully saturated rings. The van der Waals surface area contributed by atoms with E-state index in [9.17, 15) is 18.0 Å². The minimum absolute atomic E-state index is 0.0613. The van der Waals surface area contributed by atoms with Gasteiger partial charge in [0.15, 0.2) is 16.4 Å². The minimum atomic E-state index is -3.17. The summed E-state index contributed by atoms with van der Waals surface area (Å²) in [5.74, 6) is -0.780. The van der Waals surface area contributed by atoms with Crippen LogP contribution in [0.15, 0.2) is 54.6 Å². The van der Waals surface area contributed by atoms with Crippen molar-refractivity contribution in [2.24, 2.45) is 0 Å². The fourth-order valence-corrected chi connectivity index (χ4v) is 6.79. The minimum Gasteiger partial charge on any atom is -0.455 e. The molecular weight excluding hydrogens is 462 g/mol. The number of esters is 1. The van der Waals surface area contributed by atoms with Crippen molar-refractivity contribution in [2.75, 3.05) is 18.1 Å². The molecule has 0 bridgehead atoms. The van der Waals surface area contributed by atoms with Gasteiger partial charge in [-0.1, -0.05) is 66.9 Å². The first-order chi connectivity index (χ1) is 15.8. The molecule has 176 valence electrons. The Bertz CT molecular complexity index is 1100. The molecule has 2 aliphatic rings. The maximum atomic E-state index is 13.2. The molecule has 0 radical (unpaired) electrons. The molecule has 33 heavy (non-hydrogen) atoms. The molecule has 1 atom stereocenters. The van der Waals surface area contributed by atoms with E-state index in [4.69, 9.17) is 16.3 Å². The van der Waals surface area contributed by atoms with Crippen molar-refractivity contribution in [1.29, 1.82) is 0 Å². The molecule has 1 aliphatic carbocycles. The molecule has 1 aliphatic heterocycles. The number of hydrogen-bond donors (Lipinski definition) is 0. The average molecular weight is 490 g/mol. The average Bonchev–Trinajstić information content (AvgIpc) is 3.44. The van der Waals surface area contributed by atoms with Crippen LogP contribution in [-0.2, 0) is 36.1 Å². The van der Waals surface area contributed by atoms with Crippen molar-refractivity contribution in [2.45, 2.75) is 50.1 Å². The summed E-state index contributed by atoms with van der Waals surface area (Å²) in [6.07, 6.45) is 3.54. The summed E-state index contributed by atoms with van der Waals surface area (Å²) in [4.78, 5) is 28.0. The van der Waals surface area contributed by atoms with E-state index >= 15 is 0 Å². The predicted molar refractivity (Wildman–Crippen MR) is 127 cm³/mol. The van der Waals surface area contributed by atoms with Crippen LogP contribution in [0.2, 0.25) is 5.02 Å². The number of sulfone groups is 1. The molecular formula is C25H28ClNO5S. The topological polar surface area (TPSA) is 80.8 Å². The number of halogens is 1. The van der Waals surface area contributed by atoms with Crippen molar-refractivity contribution in [1.82, 2.24) is 4.90 Å². The van der Waals surface area contributed by atoms with Gasteiger partial charge in [0, 0.05) is 17.6 Å². The number of rotatable bonds is 7. The van der Waals surface area contributed by atoms with Crippen molar-refractivity contribution in [3.8, 4) is 0 Å². The van der Waals surface area contributed by atoms with Gasteiger partial charge in [0.25, 0.3) is 5.91 Å². The fraction of sp³-hybridized carbons (Fsp3) is 0.440. The van der Waals surface area contributed by atoms with Gasteiger partial charge in [-0.3, -0.25) is 9.59 Å². The largest absolute Gasteiger partial charge is 0.455 e. The number of hydrogen-bond acceptors (Lipinski definition) is 5. The van der Waals surface area contributed by atoms with Gasteiger partial charge in [0.1, 0.15) is 0 Å². The Kier molecular flexibility index (Phi) is 7.10. The predicted octanol–water partition coefficient (Wildman–Crippen LogP) is 3.91. The van der Waals surface area contributed by atoms with Crippen molar-refractivity contribution in [3.05, 3.63) is 70.7 Å². The summed E-state index contributed by atoms with van der Waals surface area (Å²) < 4.78 is 29.7. The normalized spacial score (nSPS) is 20.9. The Balaban J connectivity index is 1.49. The Morgan fingerprint density at radius 3 is 2.30 bits per heavy atom. The van der Waals surface area contributed by atoms with Crippen molar-refractivity contribution < 1.29 is 22.7 Å². The molecule has 0 unspecified atom stereocenters. The summed E-state index contributed by atoms with van der Waals surface area (Å²) in [6, 6.07) is 16.2. The quantitative estimate of drug-likeness (QED) is 0.551. The third-order valence-electron chi connectivity index (χ3n) is 6.74. The summed E-state index contributed by atoms with van der Waals surface area (Å²) in [5.41, 5.74) is 0.978. The summed E-state index contributed by atoms with van der Waals surface area (Å²) in [5, 5.41) is 0.596. The van der Waals surface area contributed by atoms with E-state index < -0.39 is 33.9 Å². The zero-order valence-electron chi connectivity index (χ0n) is 18.4. The fourth-order valence-electron chi connectivity index (χ4n) is 4.93. The Hall–Kier alpha value is -2.38. The first-order valence-electron chi connectivity index (χ1n) is 11.3. The number of nitrogens with zero attached hydrogens (tertiary/aromatic N) is 1. The first-order valence-corrected chi connectivity index (χ1v) is 13.5. The van der Waals surface area contributed by atoms with Gasteiger partial charge in [-0.15, -0.1) is 0 Å². The van der Waals surface area contributed by atoms with Crippen LogP contribution in [0.4, 0.5) is 0 Å². The first kappa shape index (κ1) is 23.8. The Morgan fingerprint density at radius 2 is 1.70 bits per heavy atom. The number of carbonyl (C=O) groups is 2. The van der Waals surface area contributed by atoms with Gasteiger partial charge < -0.3 is 9.64 Å². The smallest absolute Gasteiger partial charge is 0.317 e. The van der Waals surface area contributed by atoms with Crippen LogP contribution in [0.5, 0.6) is 0 Å². The molecule has 2 aromatic rings. The lowest BCUT2D eigenvalue weighted by Crippen LogP contribution is -2.44. The van der Waals surface area contributed by atoms with Crippen LogP contribution in [0.1, 0.15) is 43.2 Å². The molecule has 8 heteroatoms. The second kappa shape index (κ2) is 9.85. The Labute approximate surface area is 199 Å². The number of carbonyl (C=O) groups excluding carboxylic acids is 2. The van der Waals surface area contributed by atoms with Gasteiger partial charge in [0.05, 0.1) is 16.9 Å². The zero-order chi connectivity index (χ0) is 23.5. The molecule has 1 heterocycles. The van der Waals surface area contributed by atoms with Gasteiger partial charge in [-0.25, -0.2) is 8.42 Å². The second-order valence-corrected chi connectivity index (χ2v) is 11.6. The van der Waals surface area contributed by atoms with E-state index in [0.29, 0.717) is 24.3 Å². The maximum Gasteiger partial charge on any atom is 0.317 e. The molecule has 0 aromatic heterocycles. The highest BCUT2D eigenvalue weighted by atomic mass is 35.5. The van der Waals surface area contributed by atoms with Crippen LogP contribution in [0.3, 0.4) is 0 Å². The second-order valence-electron chi connectivity index (χ2n) is 8.94. The molecule has 1 saturated carbocycles. The molecule has 2 aromatic carbocycles. The highest BCUT2D eigenvalue weighted by molar-refractivity contribution is 7.91. The summed E-state index contributed by atoms with van der Waals surface area (Å²) in [7, 11) is -3.17. The molecule has 1 saturated heterocycles. The highest BCUT2D eigenvalue weighted by Gasteiger charge is 2.44. The van der Waals surface area contributed by atoms with Crippen LogP contribution < -0.4 is 0 Å². The summed E-state index contributed by atoms with van der Waals surface area (Å²) >= 11 is 6.02. The van der Waals surface area contributed by atoms with E-state index in [1.807, 2.05) is 42.5 Å². The van der Waals surface area contributed by atoms with Crippen molar-refractivity contribution in [3.63, 3.8) is 0 Å². The van der Waals surface area contributed by atoms with Crippen molar-refractivity contribution >= 4 is 33.3 Å². The van der Waals surface area contributed by atoms with E-state index in [1.165, 1.54) is 0 Å². The van der Waals surface area contributed by atoms with E-state index in [1.54, 1.807) is 17.0 Å². The summed E-state index contributed by atoms with van der Waals surface area (Å²) in [6.45, 7) is -0.128. The lowest BCUT2D eigenvalue weighted by molar-refractivity contribution is -0.158. The van der Waals surface area contributed by atoms with Gasteiger partial charge in [-0.2, -0.15) is 0 Å². The van der Waals surface area contributed by atoms with Crippen LogP contribution >= 0.6 is 11.6 Å². The third-order valence-corrected chi connectivity index (χ3v) is 8.74. The monoisotopic (exact) mass is 489 g/mol. The third kappa shape index (κ3) is 5.41. The molecule has 4 rings (SSSR count). The SMILES string of the molecule is O=C(COC(=O)C1(c2ccc(Cl)cc2)CCCC1)N(Cc1ccccc1)[C@H]1CCS(=O)(=O)C1. The highest BCUT2D eigenvalue weighted by Crippen LogP contribution is 2.42. The Morgan fingerprint density at radius 1 is 1.03 bits per heavy atom. The number of amides is 1. The lowest BCUT2D eigenvalue weighted by Gasteiger charge is -2.30. The number of ether oxygens (including phenoxy) is 1. The van der Waals surface area contributed by atoms with Gasteiger partial charge in [0.2, 0.25) is 0 Å². The lowest BCUT2D eigenvalue weighted by atomic mass is 9.79. The molecule has 0 N–H and O–H groups in total. The van der Waals surface area contributed by atoms with Crippen LogP contribution in [-0.4, -0.2) is 49.3 Å². The molecule has 0 spiro atoms. The van der Waals surface area contributed by atoms with E-state index in [2.05, 4.69) is 0 Å².